The number of nitriles is 1. The molecule has 19 heavy (non-hydrogen) atoms. The van der Waals surface area contributed by atoms with Crippen LogP contribution >= 0.6 is 0 Å². The summed E-state index contributed by atoms with van der Waals surface area (Å²) in [7, 11) is 1.57. The number of aromatic nitrogens is 1. The minimum absolute atomic E-state index is 0.0455. The average Bonchev–Trinajstić information content (AvgIpc) is 2.37. The second-order valence-corrected chi connectivity index (χ2v) is 4.07. The lowest BCUT2D eigenvalue weighted by Gasteiger charge is -2.09. The Morgan fingerprint density at radius 1 is 1.37 bits per heavy atom. The number of aromatic amines is 1. The van der Waals surface area contributed by atoms with Crippen LogP contribution in [0, 0.1) is 18.3 Å². The number of nitrogens with one attached hydrogen (secondary N) is 1. The van der Waals surface area contributed by atoms with Gasteiger partial charge in [0.15, 0.2) is 0 Å². The summed E-state index contributed by atoms with van der Waals surface area (Å²) in [5.74, 6) is 0.301. The van der Waals surface area contributed by atoms with E-state index in [1.54, 1.807) is 25.3 Å². The molecule has 5 nitrogen and oxygen atoms in total. The van der Waals surface area contributed by atoms with Crippen molar-refractivity contribution in [2.75, 3.05) is 7.11 Å². The zero-order valence-electron chi connectivity index (χ0n) is 10.5. The van der Waals surface area contributed by atoms with E-state index >= 15 is 0 Å². The number of aromatic hydroxyl groups is 1. The molecule has 0 saturated carbocycles. The zero-order valence-corrected chi connectivity index (χ0v) is 10.5. The topological polar surface area (TPSA) is 86.1 Å². The van der Waals surface area contributed by atoms with Gasteiger partial charge in [-0.05, 0) is 30.2 Å². The first-order chi connectivity index (χ1) is 9.06. The molecule has 0 amide bonds. The molecule has 2 N–H and O–H groups in total. The Morgan fingerprint density at radius 2 is 2.11 bits per heavy atom. The number of benzene rings is 1. The molecule has 1 aromatic heterocycles. The van der Waals surface area contributed by atoms with Gasteiger partial charge in [0.05, 0.1) is 7.11 Å². The molecule has 0 aliphatic heterocycles. The van der Waals surface area contributed by atoms with Crippen molar-refractivity contribution < 1.29 is 9.84 Å². The van der Waals surface area contributed by atoms with Gasteiger partial charge >= 0.3 is 0 Å². The van der Waals surface area contributed by atoms with E-state index in [2.05, 4.69) is 4.98 Å². The predicted octanol–water partition coefficient (Wildman–Crippen LogP) is 1.94. The smallest absolute Gasteiger partial charge is 0.251 e. The molecule has 1 heterocycles. The molecular weight excluding hydrogens is 244 g/mol. The summed E-state index contributed by atoms with van der Waals surface area (Å²) in [5, 5.41) is 18.7. The van der Waals surface area contributed by atoms with E-state index in [0.29, 0.717) is 11.1 Å². The van der Waals surface area contributed by atoms with Gasteiger partial charge in [0, 0.05) is 11.6 Å². The van der Waals surface area contributed by atoms with E-state index in [4.69, 9.17) is 10.00 Å². The standard InChI is InChI=1S/C14H12N2O3/c1-8-5-9(3-4-12(8)19-2)10-6-13(17)16-14(18)11(10)7-15/h3-6H,1-2H3,(H2,16,17,18). The molecule has 0 spiro atoms. The molecule has 96 valence electrons. The number of hydrogen-bond acceptors (Lipinski definition) is 4. The van der Waals surface area contributed by atoms with Gasteiger partial charge in [-0.15, -0.1) is 0 Å². The van der Waals surface area contributed by atoms with Gasteiger partial charge < -0.3 is 9.84 Å². The van der Waals surface area contributed by atoms with Crippen molar-refractivity contribution in [3.63, 3.8) is 0 Å². The number of rotatable bonds is 2. The number of methoxy groups -OCH3 is 1. The number of ether oxygens (including phenoxy) is 1. The lowest BCUT2D eigenvalue weighted by Crippen LogP contribution is -2.06. The molecule has 0 aliphatic rings. The van der Waals surface area contributed by atoms with Crippen molar-refractivity contribution in [2.45, 2.75) is 6.92 Å². The first-order valence-electron chi connectivity index (χ1n) is 5.58. The first-order valence-corrected chi connectivity index (χ1v) is 5.58. The summed E-state index contributed by atoms with van der Waals surface area (Å²) in [6.45, 7) is 1.86. The molecule has 0 atom stereocenters. The lowest BCUT2D eigenvalue weighted by atomic mass is 10.00. The van der Waals surface area contributed by atoms with Crippen LogP contribution in [0.1, 0.15) is 11.1 Å². The summed E-state index contributed by atoms with van der Waals surface area (Å²) in [6.07, 6.45) is 0. The van der Waals surface area contributed by atoms with Crippen LogP contribution < -0.4 is 10.3 Å². The third-order valence-corrected chi connectivity index (χ3v) is 2.84. The monoisotopic (exact) mass is 256 g/mol. The number of H-pyrrole nitrogens is 1. The molecule has 0 saturated heterocycles. The number of hydrogen-bond donors (Lipinski definition) is 2. The van der Waals surface area contributed by atoms with Crippen LogP contribution in [0.5, 0.6) is 11.6 Å². The molecule has 1 aromatic carbocycles. The third kappa shape index (κ3) is 2.29. The Balaban J connectivity index is 2.69. The fourth-order valence-electron chi connectivity index (χ4n) is 1.93. The average molecular weight is 256 g/mol. The van der Waals surface area contributed by atoms with Crippen molar-refractivity contribution in [1.29, 1.82) is 5.26 Å². The van der Waals surface area contributed by atoms with Crippen LogP contribution in [0.15, 0.2) is 29.1 Å². The number of nitrogens with zero attached hydrogens (tertiary/aromatic N) is 1. The summed E-state index contributed by atoms with van der Waals surface area (Å²) >= 11 is 0. The minimum Gasteiger partial charge on any atom is -0.496 e. The van der Waals surface area contributed by atoms with E-state index in [0.717, 1.165) is 11.3 Å². The molecule has 0 unspecified atom stereocenters. The maximum Gasteiger partial charge on any atom is 0.251 e. The Kier molecular flexibility index (Phi) is 3.25. The highest BCUT2D eigenvalue weighted by atomic mass is 16.5. The van der Waals surface area contributed by atoms with Gasteiger partial charge in [-0.3, -0.25) is 9.78 Å². The molecule has 5 heteroatoms. The van der Waals surface area contributed by atoms with Gasteiger partial charge in [0.1, 0.15) is 17.4 Å². The van der Waals surface area contributed by atoms with Gasteiger partial charge in [-0.25, -0.2) is 0 Å². The van der Waals surface area contributed by atoms with Crippen molar-refractivity contribution in [3.05, 3.63) is 45.7 Å². The molecular formula is C14H12N2O3. The zero-order chi connectivity index (χ0) is 14.0. The normalized spacial score (nSPS) is 9.95. The molecule has 0 fully saturated rings. The van der Waals surface area contributed by atoms with E-state index in [1.165, 1.54) is 6.07 Å². The van der Waals surface area contributed by atoms with Crippen LogP contribution in [-0.2, 0) is 0 Å². The maximum atomic E-state index is 11.4. The third-order valence-electron chi connectivity index (χ3n) is 2.84. The SMILES string of the molecule is COc1ccc(-c2cc(=O)[nH]c(O)c2C#N)cc1C. The van der Waals surface area contributed by atoms with E-state index < -0.39 is 11.4 Å². The molecule has 0 radical (unpaired) electrons. The fourth-order valence-corrected chi connectivity index (χ4v) is 1.93. The minimum atomic E-state index is -0.458. The van der Waals surface area contributed by atoms with Crippen LogP contribution in [0.25, 0.3) is 11.1 Å². The second-order valence-electron chi connectivity index (χ2n) is 4.07. The molecule has 0 bridgehead atoms. The van der Waals surface area contributed by atoms with E-state index in [9.17, 15) is 9.90 Å². The molecule has 0 aliphatic carbocycles. The highest BCUT2D eigenvalue weighted by Crippen LogP contribution is 2.29. The largest absolute Gasteiger partial charge is 0.496 e. The Morgan fingerprint density at radius 3 is 2.68 bits per heavy atom. The fraction of sp³-hybridized carbons (Fsp3) is 0.143. The van der Waals surface area contributed by atoms with Crippen LogP contribution in [0.4, 0.5) is 0 Å². The Labute approximate surface area is 109 Å². The van der Waals surface area contributed by atoms with Crippen LogP contribution in [0.2, 0.25) is 0 Å². The quantitative estimate of drug-likeness (QED) is 0.859. The van der Waals surface area contributed by atoms with Gasteiger partial charge in [0.2, 0.25) is 5.88 Å². The van der Waals surface area contributed by atoms with Crippen molar-refractivity contribution in [1.82, 2.24) is 4.98 Å². The lowest BCUT2D eigenvalue weighted by molar-refractivity contribution is 0.412. The number of aryl methyl sites for hydroxylation is 1. The highest BCUT2D eigenvalue weighted by Gasteiger charge is 2.12. The van der Waals surface area contributed by atoms with Crippen molar-refractivity contribution in [3.8, 4) is 28.8 Å². The number of pyridine rings is 1. The van der Waals surface area contributed by atoms with Crippen molar-refractivity contribution >= 4 is 0 Å². The summed E-state index contributed by atoms with van der Waals surface area (Å²) in [4.78, 5) is 13.6. The molecule has 2 aromatic rings. The first kappa shape index (κ1) is 12.7. The molecule has 2 rings (SSSR count). The predicted molar refractivity (Wildman–Crippen MR) is 70.2 cm³/mol. The van der Waals surface area contributed by atoms with Crippen LogP contribution in [-0.4, -0.2) is 17.2 Å². The van der Waals surface area contributed by atoms with Crippen molar-refractivity contribution in [2.24, 2.45) is 0 Å². The van der Waals surface area contributed by atoms with Gasteiger partial charge in [-0.2, -0.15) is 5.26 Å². The maximum absolute atomic E-state index is 11.4. The summed E-state index contributed by atoms with van der Waals surface area (Å²) in [5.41, 5.74) is 1.54. The second kappa shape index (κ2) is 4.86. The van der Waals surface area contributed by atoms with Gasteiger partial charge in [0.25, 0.3) is 5.56 Å². The Bertz CT molecular complexity index is 726. The Hall–Kier alpha value is -2.74. The van der Waals surface area contributed by atoms with E-state index in [-0.39, 0.29) is 5.56 Å². The summed E-state index contributed by atoms with van der Waals surface area (Å²) < 4.78 is 5.16. The van der Waals surface area contributed by atoms with E-state index in [1.807, 2.05) is 13.0 Å². The van der Waals surface area contributed by atoms with Gasteiger partial charge in [-0.1, -0.05) is 6.07 Å². The van der Waals surface area contributed by atoms with Crippen LogP contribution in [0.3, 0.4) is 0 Å². The highest BCUT2D eigenvalue weighted by molar-refractivity contribution is 5.73. The summed E-state index contributed by atoms with van der Waals surface area (Å²) in [6, 6.07) is 8.47.